The third-order valence-corrected chi connectivity index (χ3v) is 7.80. The molecule has 0 bridgehead atoms. The number of likely N-dealkylation sites (tertiary alicyclic amines) is 1. The lowest BCUT2D eigenvalue weighted by molar-refractivity contribution is 0.0707. The molecule has 3 aromatic carbocycles. The van der Waals surface area contributed by atoms with E-state index in [1.165, 1.54) is 16.7 Å². The topological polar surface area (TPSA) is 60.4 Å². The van der Waals surface area contributed by atoms with Crippen LogP contribution in [0.15, 0.2) is 66.7 Å². The Kier molecular flexibility index (Phi) is 6.71. The molecule has 1 fully saturated rings. The maximum Gasteiger partial charge on any atom is 0.231 e. The number of nitrogens with zero attached hydrogens (tertiary/aromatic N) is 1. The number of hydrogen-bond acceptors (Lipinski definition) is 6. The second-order valence-electron chi connectivity index (χ2n) is 9.89. The van der Waals surface area contributed by atoms with Crippen LogP contribution in [-0.2, 0) is 12.8 Å². The average molecular weight is 488 g/mol. The minimum atomic E-state index is -0.00259. The van der Waals surface area contributed by atoms with E-state index in [4.69, 9.17) is 18.9 Å². The smallest absolute Gasteiger partial charge is 0.231 e. The highest BCUT2D eigenvalue weighted by Gasteiger charge is 2.38. The monoisotopic (exact) mass is 487 g/mol. The van der Waals surface area contributed by atoms with Crippen LogP contribution in [-0.4, -0.2) is 42.3 Å². The molecule has 0 radical (unpaired) electrons. The molecule has 6 heteroatoms. The second kappa shape index (κ2) is 10.4. The first-order valence-electron chi connectivity index (χ1n) is 13.0. The van der Waals surface area contributed by atoms with Crippen molar-refractivity contribution in [3.05, 3.63) is 83.4 Å². The normalized spacial score (nSPS) is 21.1. The molecule has 3 atom stereocenters. The summed E-state index contributed by atoms with van der Waals surface area (Å²) in [4.78, 5) is 2.61. The van der Waals surface area contributed by atoms with Crippen molar-refractivity contribution < 1.29 is 24.1 Å². The first kappa shape index (κ1) is 23.2. The molecule has 0 unspecified atom stereocenters. The Balaban J connectivity index is 1.19. The number of rotatable bonds is 9. The van der Waals surface area contributed by atoms with E-state index in [1.807, 2.05) is 18.2 Å². The van der Waals surface area contributed by atoms with E-state index in [0.29, 0.717) is 25.7 Å². The standard InChI is InChI=1S/C30H33NO5/c32-18-26(23-4-2-1-3-5-23)31-24(10-6-21-8-14-27-29(16-21)35-19-33-27)12-13-25(31)11-7-22-9-15-28-30(17-22)36-20-34-28/h1-5,8-9,14-17,24-26,32H,6-7,10-13,18-20H2/t24-,25+,26-/m0/s1. The highest BCUT2D eigenvalue weighted by molar-refractivity contribution is 5.45. The van der Waals surface area contributed by atoms with Crippen LogP contribution >= 0.6 is 0 Å². The SMILES string of the molecule is OC[C@@H](c1ccccc1)N1[C@H](CCc2ccc3c(c2)OCO3)CC[C@@H]1CCc1ccc2c(c1)OCO2. The van der Waals surface area contributed by atoms with Gasteiger partial charge >= 0.3 is 0 Å². The molecule has 6 rings (SSSR count). The third-order valence-electron chi connectivity index (χ3n) is 7.80. The van der Waals surface area contributed by atoms with Crippen molar-refractivity contribution in [3.63, 3.8) is 0 Å². The van der Waals surface area contributed by atoms with Gasteiger partial charge in [0.05, 0.1) is 12.6 Å². The highest BCUT2D eigenvalue weighted by Crippen LogP contribution is 2.39. The molecule has 3 aliphatic heterocycles. The van der Waals surface area contributed by atoms with Gasteiger partial charge in [0.25, 0.3) is 0 Å². The molecule has 3 aliphatic rings. The number of aliphatic hydroxyl groups excluding tert-OH is 1. The van der Waals surface area contributed by atoms with Crippen LogP contribution in [0, 0.1) is 0 Å². The van der Waals surface area contributed by atoms with Crippen LogP contribution in [0.3, 0.4) is 0 Å². The molecular formula is C30H33NO5. The van der Waals surface area contributed by atoms with E-state index in [9.17, 15) is 5.11 Å². The number of aliphatic hydroxyl groups is 1. The van der Waals surface area contributed by atoms with Crippen molar-refractivity contribution in [2.24, 2.45) is 0 Å². The van der Waals surface area contributed by atoms with E-state index < -0.39 is 0 Å². The summed E-state index contributed by atoms with van der Waals surface area (Å²) < 4.78 is 22.1. The number of aryl methyl sites for hydroxylation is 2. The van der Waals surface area contributed by atoms with Gasteiger partial charge in [-0.25, -0.2) is 0 Å². The van der Waals surface area contributed by atoms with Crippen molar-refractivity contribution in [3.8, 4) is 23.0 Å². The zero-order chi connectivity index (χ0) is 24.3. The second-order valence-corrected chi connectivity index (χ2v) is 9.89. The molecule has 36 heavy (non-hydrogen) atoms. The minimum Gasteiger partial charge on any atom is -0.454 e. The van der Waals surface area contributed by atoms with Crippen LogP contribution < -0.4 is 18.9 Å². The quantitative estimate of drug-likeness (QED) is 0.443. The molecule has 1 saturated heterocycles. The molecule has 188 valence electrons. The lowest BCUT2D eigenvalue weighted by Crippen LogP contribution is -2.41. The molecule has 6 nitrogen and oxygen atoms in total. The van der Waals surface area contributed by atoms with Crippen molar-refractivity contribution in [2.45, 2.75) is 56.7 Å². The van der Waals surface area contributed by atoms with Crippen LogP contribution in [0.1, 0.15) is 48.4 Å². The zero-order valence-electron chi connectivity index (χ0n) is 20.5. The summed E-state index contributed by atoms with van der Waals surface area (Å²) in [5.41, 5.74) is 3.72. The third kappa shape index (κ3) is 4.75. The number of benzene rings is 3. The molecule has 0 amide bonds. The van der Waals surface area contributed by atoms with Gasteiger partial charge in [-0.1, -0.05) is 42.5 Å². The largest absolute Gasteiger partial charge is 0.454 e. The number of ether oxygens (including phenoxy) is 4. The van der Waals surface area contributed by atoms with Crippen molar-refractivity contribution in [1.29, 1.82) is 0 Å². The summed E-state index contributed by atoms with van der Waals surface area (Å²) in [5, 5.41) is 10.6. The maximum absolute atomic E-state index is 10.6. The minimum absolute atomic E-state index is 0.00259. The van der Waals surface area contributed by atoms with E-state index >= 15 is 0 Å². The van der Waals surface area contributed by atoms with Crippen LogP contribution in [0.2, 0.25) is 0 Å². The highest BCUT2D eigenvalue weighted by atomic mass is 16.7. The fraction of sp³-hybridized carbons (Fsp3) is 0.400. The molecule has 0 saturated carbocycles. The number of fused-ring (bicyclic) bond motifs is 2. The molecule has 3 heterocycles. The zero-order valence-corrected chi connectivity index (χ0v) is 20.5. The van der Waals surface area contributed by atoms with Crippen LogP contribution in [0.4, 0.5) is 0 Å². The first-order valence-corrected chi connectivity index (χ1v) is 13.0. The Morgan fingerprint density at radius 2 is 1.22 bits per heavy atom. The van der Waals surface area contributed by atoms with Gasteiger partial charge in [-0.15, -0.1) is 0 Å². The summed E-state index contributed by atoms with van der Waals surface area (Å²) >= 11 is 0. The Bertz CT molecular complexity index is 1110. The molecule has 1 N–H and O–H groups in total. The van der Waals surface area contributed by atoms with Crippen LogP contribution in [0.25, 0.3) is 0 Å². The molecule has 0 aromatic heterocycles. The summed E-state index contributed by atoms with van der Waals surface area (Å²) in [6.07, 6.45) is 6.31. The van der Waals surface area contributed by atoms with Crippen molar-refractivity contribution >= 4 is 0 Å². The molecule has 3 aromatic rings. The van der Waals surface area contributed by atoms with E-state index in [0.717, 1.165) is 61.5 Å². The Morgan fingerprint density at radius 1 is 0.694 bits per heavy atom. The van der Waals surface area contributed by atoms with E-state index in [1.54, 1.807) is 0 Å². The van der Waals surface area contributed by atoms with Gasteiger partial charge < -0.3 is 24.1 Å². The van der Waals surface area contributed by atoms with Gasteiger partial charge in [0.1, 0.15) is 0 Å². The fourth-order valence-electron chi connectivity index (χ4n) is 5.98. The van der Waals surface area contributed by atoms with Gasteiger partial charge in [-0.05, 0) is 79.5 Å². The number of hydrogen-bond donors (Lipinski definition) is 1. The van der Waals surface area contributed by atoms with Crippen LogP contribution in [0.5, 0.6) is 23.0 Å². The van der Waals surface area contributed by atoms with Crippen molar-refractivity contribution in [2.75, 3.05) is 20.2 Å². The molecular weight excluding hydrogens is 454 g/mol. The Morgan fingerprint density at radius 3 is 1.75 bits per heavy atom. The van der Waals surface area contributed by atoms with Gasteiger partial charge in [0, 0.05) is 12.1 Å². The summed E-state index contributed by atoms with van der Waals surface area (Å²) in [7, 11) is 0. The van der Waals surface area contributed by atoms with Gasteiger partial charge in [-0.2, -0.15) is 0 Å². The lowest BCUT2D eigenvalue weighted by atomic mass is 9.99. The lowest BCUT2D eigenvalue weighted by Gasteiger charge is -2.37. The maximum atomic E-state index is 10.6. The average Bonchev–Trinajstić information content (AvgIpc) is 3.67. The molecule has 0 aliphatic carbocycles. The predicted molar refractivity (Wildman–Crippen MR) is 137 cm³/mol. The fourth-order valence-corrected chi connectivity index (χ4v) is 5.98. The molecule has 0 spiro atoms. The first-order chi connectivity index (χ1) is 17.8. The van der Waals surface area contributed by atoms with E-state index in [-0.39, 0.29) is 12.6 Å². The van der Waals surface area contributed by atoms with E-state index in [2.05, 4.69) is 53.4 Å². The van der Waals surface area contributed by atoms with Crippen molar-refractivity contribution in [1.82, 2.24) is 4.90 Å². The summed E-state index contributed by atoms with van der Waals surface area (Å²) in [5.74, 6) is 3.34. The predicted octanol–water partition coefficient (Wildman–Crippen LogP) is 5.28. The summed E-state index contributed by atoms with van der Waals surface area (Å²) in [6, 6.07) is 23.8. The van der Waals surface area contributed by atoms with Gasteiger partial charge in [0.15, 0.2) is 23.0 Å². The summed E-state index contributed by atoms with van der Waals surface area (Å²) in [6.45, 7) is 0.718. The Hall–Kier alpha value is -3.22. The van der Waals surface area contributed by atoms with Gasteiger partial charge in [0.2, 0.25) is 13.6 Å². The van der Waals surface area contributed by atoms with Gasteiger partial charge in [-0.3, -0.25) is 4.90 Å². The Labute approximate surface area is 212 Å².